The Kier molecular flexibility index (Phi) is 3.75. The van der Waals surface area contributed by atoms with Gasteiger partial charge in [0.1, 0.15) is 0 Å². The summed E-state index contributed by atoms with van der Waals surface area (Å²) in [7, 11) is 0. The third-order valence-corrected chi connectivity index (χ3v) is 7.22. The monoisotopic (exact) mass is 356 g/mol. The molecule has 0 spiro atoms. The summed E-state index contributed by atoms with van der Waals surface area (Å²) in [5, 5.41) is 2.21. The number of aryl methyl sites for hydroxylation is 1. The molecule has 0 N–H and O–H groups in total. The number of nitrogens with zero attached hydrogens (tertiary/aromatic N) is 2. The Balaban J connectivity index is 1.18. The van der Waals surface area contributed by atoms with Crippen LogP contribution >= 0.6 is 11.3 Å². The van der Waals surface area contributed by atoms with E-state index in [0.29, 0.717) is 17.6 Å². The smallest absolute Gasteiger partial charge is 0.289 e. The molecule has 3 fully saturated rings. The number of amides is 1. The Morgan fingerprint density at radius 1 is 1.32 bits per heavy atom. The predicted molar refractivity (Wildman–Crippen MR) is 97.6 cm³/mol. The van der Waals surface area contributed by atoms with Gasteiger partial charge in [0.15, 0.2) is 5.76 Å². The molecule has 1 saturated heterocycles. The van der Waals surface area contributed by atoms with E-state index in [9.17, 15) is 4.79 Å². The molecule has 5 heteroatoms. The van der Waals surface area contributed by atoms with Crippen LogP contribution in [0.1, 0.15) is 33.8 Å². The largest absolute Gasteiger partial charge is 0.459 e. The zero-order chi connectivity index (χ0) is 17.0. The van der Waals surface area contributed by atoms with Gasteiger partial charge in [-0.25, -0.2) is 0 Å². The number of carbonyl (C=O) groups is 1. The Hall–Kier alpha value is -1.59. The van der Waals surface area contributed by atoms with Gasteiger partial charge in [-0.05, 0) is 66.7 Å². The van der Waals surface area contributed by atoms with Crippen molar-refractivity contribution in [1.29, 1.82) is 0 Å². The van der Waals surface area contributed by atoms with E-state index < -0.39 is 0 Å². The lowest BCUT2D eigenvalue weighted by molar-refractivity contribution is 0.0730. The average Bonchev–Trinajstić information content (AvgIpc) is 3.31. The van der Waals surface area contributed by atoms with Gasteiger partial charge >= 0.3 is 0 Å². The van der Waals surface area contributed by atoms with E-state index in [1.165, 1.54) is 29.8 Å². The van der Waals surface area contributed by atoms with E-state index in [0.717, 1.165) is 31.6 Å². The SMILES string of the molecule is Cc1ccsc1CN(CC1C2CN(C(=O)c3ccco3)CC21)C1CC1. The molecule has 25 heavy (non-hydrogen) atoms. The molecule has 2 aromatic rings. The quantitative estimate of drug-likeness (QED) is 0.793. The lowest BCUT2D eigenvalue weighted by Gasteiger charge is -2.24. The van der Waals surface area contributed by atoms with Crippen molar-refractivity contribution in [3.8, 4) is 0 Å². The van der Waals surface area contributed by atoms with Gasteiger partial charge in [0.25, 0.3) is 5.91 Å². The fraction of sp³-hybridized carbons (Fsp3) is 0.550. The average molecular weight is 356 g/mol. The molecule has 2 saturated carbocycles. The van der Waals surface area contributed by atoms with Crippen molar-refractivity contribution in [2.75, 3.05) is 19.6 Å². The summed E-state index contributed by atoms with van der Waals surface area (Å²) in [5.74, 6) is 2.71. The number of carbonyl (C=O) groups excluding carboxylic acids is 1. The molecule has 0 aromatic carbocycles. The Labute approximate surface area is 152 Å². The first kappa shape index (κ1) is 15.6. The van der Waals surface area contributed by atoms with Crippen LogP contribution in [0.25, 0.3) is 0 Å². The van der Waals surface area contributed by atoms with Crippen molar-refractivity contribution < 1.29 is 9.21 Å². The minimum Gasteiger partial charge on any atom is -0.459 e. The highest BCUT2D eigenvalue weighted by molar-refractivity contribution is 7.10. The third kappa shape index (κ3) is 2.93. The molecule has 2 aromatic heterocycles. The van der Waals surface area contributed by atoms with Crippen LogP contribution in [0, 0.1) is 24.7 Å². The second kappa shape index (κ2) is 5.99. The summed E-state index contributed by atoms with van der Waals surface area (Å²) >= 11 is 1.89. The molecule has 5 rings (SSSR count). The number of hydrogen-bond donors (Lipinski definition) is 0. The summed E-state index contributed by atoms with van der Waals surface area (Å²) in [6.45, 7) is 6.36. The highest BCUT2D eigenvalue weighted by Gasteiger charge is 2.57. The normalized spacial score (nSPS) is 27.8. The van der Waals surface area contributed by atoms with Crippen LogP contribution < -0.4 is 0 Å². The second-order valence-corrected chi connectivity index (χ2v) is 8.87. The number of rotatable bonds is 6. The Morgan fingerprint density at radius 3 is 2.72 bits per heavy atom. The maximum Gasteiger partial charge on any atom is 0.289 e. The molecule has 2 atom stereocenters. The summed E-state index contributed by atoms with van der Waals surface area (Å²) in [5.41, 5.74) is 1.43. The van der Waals surface area contributed by atoms with Crippen molar-refractivity contribution in [2.45, 2.75) is 32.4 Å². The van der Waals surface area contributed by atoms with Crippen LogP contribution in [-0.2, 0) is 6.54 Å². The molecule has 3 heterocycles. The van der Waals surface area contributed by atoms with Crippen LogP contribution in [-0.4, -0.2) is 41.4 Å². The first-order valence-corrected chi connectivity index (χ1v) is 10.2. The van der Waals surface area contributed by atoms with Crippen molar-refractivity contribution in [3.63, 3.8) is 0 Å². The molecule has 132 valence electrons. The molecule has 3 aliphatic rings. The summed E-state index contributed by atoms with van der Waals surface area (Å²) in [4.78, 5) is 18.6. The van der Waals surface area contributed by atoms with Gasteiger partial charge < -0.3 is 9.32 Å². The molecule has 2 aliphatic carbocycles. The van der Waals surface area contributed by atoms with Crippen molar-refractivity contribution in [3.05, 3.63) is 46.0 Å². The van der Waals surface area contributed by atoms with Gasteiger partial charge in [0.05, 0.1) is 6.26 Å². The Bertz CT molecular complexity index is 753. The van der Waals surface area contributed by atoms with Crippen LogP contribution in [0.3, 0.4) is 0 Å². The van der Waals surface area contributed by atoms with E-state index in [2.05, 4.69) is 23.3 Å². The number of likely N-dealkylation sites (tertiary alicyclic amines) is 1. The maximum absolute atomic E-state index is 12.4. The number of piperidine rings is 1. The molecule has 4 nitrogen and oxygen atoms in total. The Morgan fingerprint density at radius 2 is 2.12 bits per heavy atom. The van der Waals surface area contributed by atoms with Gasteiger partial charge in [-0.2, -0.15) is 0 Å². The number of thiophene rings is 1. The van der Waals surface area contributed by atoms with Crippen LogP contribution in [0.15, 0.2) is 34.3 Å². The van der Waals surface area contributed by atoms with Gasteiger partial charge in [-0.1, -0.05) is 0 Å². The molecular weight excluding hydrogens is 332 g/mol. The lowest BCUT2D eigenvalue weighted by atomic mass is 10.2. The topological polar surface area (TPSA) is 36.7 Å². The van der Waals surface area contributed by atoms with E-state index in [4.69, 9.17) is 4.42 Å². The number of fused-ring (bicyclic) bond motifs is 1. The predicted octanol–water partition coefficient (Wildman–Crippen LogP) is 3.63. The highest BCUT2D eigenvalue weighted by Crippen LogP contribution is 2.53. The zero-order valence-electron chi connectivity index (χ0n) is 14.6. The lowest BCUT2D eigenvalue weighted by Crippen LogP contribution is -2.34. The minimum absolute atomic E-state index is 0.0595. The molecular formula is C20H24N2O2S. The van der Waals surface area contributed by atoms with E-state index in [1.807, 2.05) is 16.2 Å². The molecule has 1 aliphatic heterocycles. The van der Waals surface area contributed by atoms with Crippen molar-refractivity contribution in [1.82, 2.24) is 9.80 Å². The van der Waals surface area contributed by atoms with Crippen molar-refractivity contribution >= 4 is 17.2 Å². The van der Waals surface area contributed by atoms with E-state index in [-0.39, 0.29) is 5.91 Å². The number of furan rings is 1. The van der Waals surface area contributed by atoms with Crippen LogP contribution in [0.5, 0.6) is 0 Å². The summed E-state index contributed by atoms with van der Waals surface area (Å²) in [6, 6.07) is 6.58. The van der Waals surface area contributed by atoms with E-state index >= 15 is 0 Å². The van der Waals surface area contributed by atoms with Gasteiger partial charge in [-0.3, -0.25) is 9.69 Å². The summed E-state index contributed by atoms with van der Waals surface area (Å²) < 4.78 is 5.26. The molecule has 1 amide bonds. The van der Waals surface area contributed by atoms with E-state index in [1.54, 1.807) is 18.4 Å². The van der Waals surface area contributed by atoms with Gasteiger partial charge in [-0.15, -0.1) is 11.3 Å². The van der Waals surface area contributed by atoms with Crippen molar-refractivity contribution in [2.24, 2.45) is 17.8 Å². The highest BCUT2D eigenvalue weighted by atomic mass is 32.1. The maximum atomic E-state index is 12.4. The first-order valence-electron chi connectivity index (χ1n) is 9.30. The van der Waals surface area contributed by atoms with Crippen LogP contribution in [0.2, 0.25) is 0 Å². The second-order valence-electron chi connectivity index (χ2n) is 7.87. The van der Waals surface area contributed by atoms with Crippen LogP contribution in [0.4, 0.5) is 0 Å². The molecule has 0 radical (unpaired) electrons. The zero-order valence-corrected chi connectivity index (χ0v) is 15.4. The first-order chi connectivity index (χ1) is 12.2. The molecule has 2 unspecified atom stereocenters. The summed E-state index contributed by atoms with van der Waals surface area (Å²) in [6.07, 6.45) is 4.29. The third-order valence-electron chi connectivity index (χ3n) is 6.21. The molecule has 0 bridgehead atoms. The standard InChI is InChI=1S/C20H24N2O2S/c1-13-6-8-25-19(13)12-21(14-4-5-14)9-15-16-10-22(11-17(15)16)20(23)18-3-2-7-24-18/h2-3,6-8,14-17H,4-5,9-12H2,1H3. The van der Waals surface area contributed by atoms with Gasteiger partial charge in [0, 0.05) is 37.1 Å². The number of hydrogen-bond acceptors (Lipinski definition) is 4. The fourth-order valence-electron chi connectivity index (χ4n) is 4.45. The fourth-order valence-corrected chi connectivity index (χ4v) is 5.38. The minimum atomic E-state index is 0.0595. The van der Waals surface area contributed by atoms with Gasteiger partial charge in [0.2, 0.25) is 0 Å².